The van der Waals surface area contributed by atoms with Crippen LogP contribution >= 0.6 is 15.9 Å². The molecule has 1 aromatic rings. The molecule has 108 valence electrons. The zero-order chi connectivity index (χ0) is 14.3. The Morgan fingerprint density at radius 2 is 2.00 bits per heavy atom. The molecule has 0 aromatic heterocycles. The van der Waals surface area contributed by atoms with Crippen molar-refractivity contribution in [1.82, 2.24) is 9.62 Å². The molecule has 0 spiro atoms. The molecule has 1 saturated carbocycles. The second-order valence-electron chi connectivity index (χ2n) is 5.18. The van der Waals surface area contributed by atoms with Crippen molar-refractivity contribution in [3.05, 3.63) is 28.2 Å². The third-order valence-corrected chi connectivity index (χ3v) is 5.73. The smallest absolute Gasteiger partial charge is 0.255 e. The Morgan fingerprint density at radius 1 is 1.30 bits per heavy atom. The van der Waals surface area contributed by atoms with E-state index in [1.54, 1.807) is 11.0 Å². The third kappa shape index (κ3) is 2.75. The first-order valence-electron chi connectivity index (χ1n) is 6.58. The first-order chi connectivity index (χ1) is 9.47. The van der Waals surface area contributed by atoms with Crippen molar-refractivity contribution in [3.63, 3.8) is 0 Å². The maximum Gasteiger partial charge on any atom is 0.255 e. The minimum atomic E-state index is -3.53. The van der Waals surface area contributed by atoms with E-state index in [0.717, 1.165) is 32.4 Å². The summed E-state index contributed by atoms with van der Waals surface area (Å²) in [5.41, 5.74) is 0.406. The molecule has 1 heterocycles. The van der Waals surface area contributed by atoms with Crippen LogP contribution in [0.15, 0.2) is 27.6 Å². The average molecular weight is 359 g/mol. The van der Waals surface area contributed by atoms with Gasteiger partial charge in [-0.25, -0.2) is 13.1 Å². The largest absolute Gasteiger partial charge is 0.338 e. The van der Waals surface area contributed by atoms with Gasteiger partial charge in [-0.1, -0.05) is 0 Å². The summed E-state index contributed by atoms with van der Waals surface area (Å²) in [6.45, 7) is 1.48. The Labute approximate surface area is 126 Å². The molecule has 3 rings (SSSR count). The Bertz CT molecular complexity index is 652. The first-order valence-corrected chi connectivity index (χ1v) is 8.86. The summed E-state index contributed by atoms with van der Waals surface area (Å²) in [6.07, 6.45) is 2.77. The molecule has 0 unspecified atom stereocenters. The highest BCUT2D eigenvalue weighted by atomic mass is 79.9. The van der Waals surface area contributed by atoms with Crippen molar-refractivity contribution in [3.8, 4) is 0 Å². The molecule has 7 heteroatoms. The molecule has 1 N–H and O–H groups in total. The molecule has 0 bridgehead atoms. The van der Waals surface area contributed by atoms with Crippen LogP contribution in [0.25, 0.3) is 0 Å². The zero-order valence-corrected chi connectivity index (χ0v) is 13.2. The van der Waals surface area contributed by atoms with Gasteiger partial charge in [0, 0.05) is 23.6 Å². The number of nitrogens with zero attached hydrogens (tertiary/aromatic N) is 1. The molecule has 1 aliphatic heterocycles. The van der Waals surface area contributed by atoms with Crippen LogP contribution in [-0.4, -0.2) is 38.4 Å². The molecule has 1 aromatic carbocycles. The number of halogens is 1. The quantitative estimate of drug-likeness (QED) is 0.891. The van der Waals surface area contributed by atoms with Gasteiger partial charge in [-0.2, -0.15) is 0 Å². The maximum absolute atomic E-state index is 12.2. The molecule has 2 aliphatic rings. The van der Waals surface area contributed by atoms with E-state index in [1.165, 1.54) is 12.1 Å². The predicted octanol–water partition coefficient (Wildman–Crippen LogP) is 1.74. The highest BCUT2D eigenvalue weighted by molar-refractivity contribution is 9.10. The number of carbonyl (C=O) groups is 1. The fraction of sp³-hybridized carbons (Fsp3) is 0.462. The molecule has 1 amide bonds. The van der Waals surface area contributed by atoms with Gasteiger partial charge in [0.05, 0.1) is 10.5 Å². The van der Waals surface area contributed by atoms with Gasteiger partial charge < -0.3 is 4.90 Å². The number of amides is 1. The first kappa shape index (κ1) is 14.0. The molecule has 2 fully saturated rings. The van der Waals surface area contributed by atoms with E-state index in [1.807, 2.05) is 0 Å². The van der Waals surface area contributed by atoms with Crippen molar-refractivity contribution in [2.45, 2.75) is 30.2 Å². The van der Waals surface area contributed by atoms with Crippen LogP contribution in [0.1, 0.15) is 29.6 Å². The Morgan fingerprint density at radius 3 is 2.55 bits per heavy atom. The topological polar surface area (TPSA) is 66.5 Å². The van der Waals surface area contributed by atoms with Crippen LogP contribution in [-0.2, 0) is 10.0 Å². The van der Waals surface area contributed by atoms with Crippen LogP contribution in [0.5, 0.6) is 0 Å². The minimum Gasteiger partial charge on any atom is -0.338 e. The number of benzene rings is 1. The number of likely N-dealkylation sites (tertiary alicyclic amines) is 1. The van der Waals surface area contributed by atoms with E-state index in [2.05, 4.69) is 20.7 Å². The fourth-order valence-corrected chi connectivity index (χ4v) is 3.76. The van der Waals surface area contributed by atoms with Crippen LogP contribution in [0.3, 0.4) is 0 Å². The summed E-state index contributed by atoms with van der Waals surface area (Å²) in [4.78, 5) is 14.1. The van der Waals surface area contributed by atoms with E-state index in [-0.39, 0.29) is 16.8 Å². The lowest BCUT2D eigenvalue weighted by molar-refractivity contribution is 0.0650. The highest BCUT2D eigenvalue weighted by Gasteiger charge is 2.29. The van der Waals surface area contributed by atoms with Crippen molar-refractivity contribution in [2.24, 2.45) is 0 Å². The van der Waals surface area contributed by atoms with Gasteiger partial charge >= 0.3 is 0 Å². The Balaban J connectivity index is 1.91. The summed E-state index contributed by atoms with van der Waals surface area (Å²) in [7, 11) is -3.53. The zero-order valence-electron chi connectivity index (χ0n) is 10.8. The lowest BCUT2D eigenvalue weighted by Gasteiger charge is -2.31. The maximum atomic E-state index is 12.2. The van der Waals surface area contributed by atoms with E-state index < -0.39 is 10.0 Å². The third-order valence-electron chi connectivity index (χ3n) is 3.52. The second-order valence-corrected chi connectivity index (χ2v) is 7.75. The summed E-state index contributed by atoms with van der Waals surface area (Å²) < 4.78 is 27.6. The summed E-state index contributed by atoms with van der Waals surface area (Å²) in [5.74, 6) is -0.119. The molecule has 1 saturated heterocycles. The SMILES string of the molecule is O=C(c1cc(S(=O)(=O)NC2CC2)ccc1Br)N1CCC1. The summed E-state index contributed by atoms with van der Waals surface area (Å²) in [5, 5.41) is 0. The van der Waals surface area contributed by atoms with Gasteiger partial charge in [0.2, 0.25) is 10.0 Å². The molecule has 1 aliphatic carbocycles. The normalized spacial score (nSPS) is 18.8. The van der Waals surface area contributed by atoms with Crippen LogP contribution < -0.4 is 4.72 Å². The van der Waals surface area contributed by atoms with Crippen molar-refractivity contribution in [2.75, 3.05) is 13.1 Å². The second kappa shape index (κ2) is 5.13. The van der Waals surface area contributed by atoms with Crippen LogP contribution in [0.4, 0.5) is 0 Å². The fourth-order valence-electron chi connectivity index (χ4n) is 2.01. The van der Waals surface area contributed by atoms with Crippen molar-refractivity contribution >= 4 is 31.9 Å². The minimum absolute atomic E-state index is 0.0539. The van der Waals surface area contributed by atoms with E-state index in [0.29, 0.717) is 10.0 Å². The van der Waals surface area contributed by atoms with Crippen LogP contribution in [0.2, 0.25) is 0 Å². The van der Waals surface area contributed by atoms with E-state index in [4.69, 9.17) is 0 Å². The van der Waals surface area contributed by atoms with Gasteiger partial charge in [-0.3, -0.25) is 4.79 Å². The Kier molecular flexibility index (Phi) is 3.60. The van der Waals surface area contributed by atoms with Gasteiger partial charge in [-0.15, -0.1) is 0 Å². The number of rotatable bonds is 4. The predicted molar refractivity (Wildman–Crippen MR) is 78.0 cm³/mol. The van der Waals surface area contributed by atoms with Gasteiger partial charge in [0.1, 0.15) is 0 Å². The van der Waals surface area contributed by atoms with Gasteiger partial charge in [0.25, 0.3) is 5.91 Å². The lowest BCUT2D eigenvalue weighted by Crippen LogP contribution is -2.42. The molecule has 0 atom stereocenters. The summed E-state index contributed by atoms with van der Waals surface area (Å²) >= 11 is 3.32. The van der Waals surface area contributed by atoms with Crippen molar-refractivity contribution in [1.29, 1.82) is 0 Å². The lowest BCUT2D eigenvalue weighted by atomic mass is 10.1. The van der Waals surface area contributed by atoms with Crippen molar-refractivity contribution < 1.29 is 13.2 Å². The number of hydrogen-bond acceptors (Lipinski definition) is 3. The molecule has 20 heavy (non-hydrogen) atoms. The molecule has 5 nitrogen and oxygen atoms in total. The number of carbonyl (C=O) groups excluding carboxylic acids is 1. The van der Waals surface area contributed by atoms with Gasteiger partial charge in [0.15, 0.2) is 0 Å². The number of nitrogens with one attached hydrogen (secondary N) is 1. The van der Waals surface area contributed by atoms with E-state index in [9.17, 15) is 13.2 Å². The molecule has 0 radical (unpaired) electrons. The average Bonchev–Trinajstić information content (AvgIpc) is 3.10. The standard InChI is InChI=1S/C13H15BrN2O3S/c14-12-5-4-10(20(18,19)15-9-2-3-9)8-11(12)13(17)16-6-1-7-16/h4-5,8-9,15H,1-3,6-7H2. The molecular weight excluding hydrogens is 344 g/mol. The number of hydrogen-bond donors (Lipinski definition) is 1. The van der Waals surface area contributed by atoms with Crippen LogP contribution in [0, 0.1) is 0 Å². The monoisotopic (exact) mass is 358 g/mol. The summed E-state index contributed by atoms with van der Waals surface area (Å²) in [6, 6.07) is 4.64. The van der Waals surface area contributed by atoms with Gasteiger partial charge in [-0.05, 0) is 53.4 Å². The highest BCUT2D eigenvalue weighted by Crippen LogP contribution is 2.26. The van der Waals surface area contributed by atoms with E-state index >= 15 is 0 Å². The molecular formula is C13H15BrN2O3S. The Hall–Kier alpha value is -0.920. The number of sulfonamides is 1.